The van der Waals surface area contributed by atoms with Crippen molar-refractivity contribution in [1.82, 2.24) is 0 Å². The molecule has 1 aliphatic rings. The van der Waals surface area contributed by atoms with Crippen LogP contribution in [0.2, 0.25) is 0 Å². The third kappa shape index (κ3) is 3.56. The van der Waals surface area contributed by atoms with Crippen LogP contribution in [0.25, 0.3) is 0 Å². The molecule has 0 heterocycles. The molecule has 12 heavy (non-hydrogen) atoms. The lowest BCUT2D eigenvalue weighted by Crippen LogP contribution is -1.95. The molecule has 0 unspecified atom stereocenters. The second-order valence-corrected chi connectivity index (χ2v) is 3.79. The SMILES string of the molecule is CC(C)CCC1C=CC=CC=C1. The van der Waals surface area contributed by atoms with Crippen molar-refractivity contribution in [3.8, 4) is 0 Å². The summed E-state index contributed by atoms with van der Waals surface area (Å²) in [6.07, 6.45) is 15.6. The van der Waals surface area contributed by atoms with Gasteiger partial charge in [-0.25, -0.2) is 0 Å². The highest BCUT2D eigenvalue weighted by Crippen LogP contribution is 2.16. The van der Waals surface area contributed by atoms with Gasteiger partial charge in [0.05, 0.1) is 0 Å². The van der Waals surface area contributed by atoms with Crippen LogP contribution in [0.4, 0.5) is 0 Å². The number of hydrogen-bond donors (Lipinski definition) is 0. The quantitative estimate of drug-likeness (QED) is 0.593. The van der Waals surface area contributed by atoms with Gasteiger partial charge < -0.3 is 0 Å². The Balaban J connectivity index is 2.33. The minimum atomic E-state index is 0.655. The van der Waals surface area contributed by atoms with Crippen molar-refractivity contribution < 1.29 is 0 Å². The first-order valence-corrected chi connectivity index (χ1v) is 4.80. The maximum Gasteiger partial charge on any atom is -0.00472 e. The Kier molecular flexibility index (Phi) is 3.86. The van der Waals surface area contributed by atoms with Gasteiger partial charge in [-0.2, -0.15) is 0 Å². The highest BCUT2D eigenvalue weighted by Gasteiger charge is 2.02. The standard InChI is InChI=1S/C12H18/c1-11(2)9-10-12-7-5-3-4-6-8-12/h3-8,11-12H,9-10H2,1-2H3. The molecule has 0 N–H and O–H groups in total. The summed E-state index contributed by atoms with van der Waals surface area (Å²) in [7, 11) is 0. The van der Waals surface area contributed by atoms with Crippen LogP contribution >= 0.6 is 0 Å². The summed E-state index contributed by atoms with van der Waals surface area (Å²) in [5, 5.41) is 0. The molecule has 66 valence electrons. The van der Waals surface area contributed by atoms with E-state index in [4.69, 9.17) is 0 Å². The normalized spacial score (nSPS) is 17.2. The molecule has 0 aromatic carbocycles. The molecule has 0 saturated carbocycles. The highest BCUT2D eigenvalue weighted by atomic mass is 14.1. The van der Waals surface area contributed by atoms with Crippen LogP contribution in [0, 0.1) is 11.8 Å². The molecular formula is C12H18. The maximum absolute atomic E-state index is 2.28. The highest BCUT2D eigenvalue weighted by molar-refractivity contribution is 5.19. The molecule has 0 aliphatic heterocycles. The minimum Gasteiger partial charge on any atom is -0.0776 e. The molecule has 0 atom stereocenters. The molecule has 0 radical (unpaired) electrons. The molecule has 0 bridgehead atoms. The Labute approximate surface area is 75.7 Å². The van der Waals surface area contributed by atoms with Gasteiger partial charge in [-0.05, 0) is 18.3 Å². The summed E-state index contributed by atoms with van der Waals surface area (Å²) >= 11 is 0. The van der Waals surface area contributed by atoms with Crippen LogP contribution in [0.1, 0.15) is 26.7 Å². The van der Waals surface area contributed by atoms with E-state index in [1.165, 1.54) is 12.8 Å². The molecule has 0 fully saturated rings. The van der Waals surface area contributed by atoms with Crippen LogP contribution in [0.3, 0.4) is 0 Å². The largest absolute Gasteiger partial charge is 0.0776 e. The van der Waals surface area contributed by atoms with Gasteiger partial charge in [0.25, 0.3) is 0 Å². The molecule has 1 rings (SSSR count). The fraction of sp³-hybridized carbons (Fsp3) is 0.500. The molecule has 0 nitrogen and oxygen atoms in total. The molecular weight excluding hydrogens is 144 g/mol. The summed E-state index contributed by atoms with van der Waals surface area (Å²) in [5.74, 6) is 1.48. The molecule has 0 aromatic rings. The van der Waals surface area contributed by atoms with Crippen molar-refractivity contribution in [2.75, 3.05) is 0 Å². The topological polar surface area (TPSA) is 0 Å². The lowest BCUT2D eigenvalue weighted by Gasteiger charge is -2.08. The first kappa shape index (κ1) is 9.31. The summed E-state index contributed by atoms with van der Waals surface area (Å²) in [5.41, 5.74) is 0. The molecule has 0 saturated heterocycles. The fourth-order valence-electron chi connectivity index (χ4n) is 1.32. The summed E-state index contributed by atoms with van der Waals surface area (Å²) in [4.78, 5) is 0. The lowest BCUT2D eigenvalue weighted by atomic mass is 9.97. The minimum absolute atomic E-state index is 0.655. The third-order valence-electron chi connectivity index (χ3n) is 2.13. The van der Waals surface area contributed by atoms with Crippen LogP contribution in [0.5, 0.6) is 0 Å². The zero-order valence-electron chi connectivity index (χ0n) is 8.03. The van der Waals surface area contributed by atoms with Crippen molar-refractivity contribution in [3.63, 3.8) is 0 Å². The van der Waals surface area contributed by atoms with Gasteiger partial charge in [-0.3, -0.25) is 0 Å². The smallest absolute Gasteiger partial charge is 0.00472 e. The third-order valence-corrected chi connectivity index (χ3v) is 2.13. The number of hydrogen-bond acceptors (Lipinski definition) is 0. The average molecular weight is 162 g/mol. The monoisotopic (exact) mass is 162 g/mol. The van der Waals surface area contributed by atoms with Crippen molar-refractivity contribution in [3.05, 3.63) is 36.5 Å². The Hall–Kier alpha value is -0.780. The molecule has 1 aliphatic carbocycles. The first-order valence-electron chi connectivity index (χ1n) is 4.80. The van der Waals surface area contributed by atoms with Gasteiger partial charge in [-0.15, -0.1) is 0 Å². The van der Waals surface area contributed by atoms with E-state index in [0.717, 1.165) is 5.92 Å². The Morgan fingerprint density at radius 1 is 1.00 bits per heavy atom. The van der Waals surface area contributed by atoms with Gasteiger partial charge >= 0.3 is 0 Å². The van der Waals surface area contributed by atoms with Crippen LogP contribution in [0.15, 0.2) is 36.5 Å². The second kappa shape index (κ2) is 4.97. The molecule has 0 heteroatoms. The number of allylic oxidation sites excluding steroid dienone is 6. The van der Waals surface area contributed by atoms with E-state index in [1.54, 1.807) is 0 Å². The van der Waals surface area contributed by atoms with Gasteiger partial charge in [0.2, 0.25) is 0 Å². The molecule has 0 spiro atoms. The van der Waals surface area contributed by atoms with E-state index in [-0.39, 0.29) is 0 Å². The summed E-state index contributed by atoms with van der Waals surface area (Å²) < 4.78 is 0. The summed E-state index contributed by atoms with van der Waals surface area (Å²) in [6.45, 7) is 4.56. The van der Waals surface area contributed by atoms with E-state index in [2.05, 4.69) is 50.3 Å². The van der Waals surface area contributed by atoms with E-state index < -0.39 is 0 Å². The Morgan fingerprint density at radius 3 is 2.08 bits per heavy atom. The Bertz CT molecular complexity index is 178. The van der Waals surface area contributed by atoms with Crippen molar-refractivity contribution in [2.45, 2.75) is 26.7 Å². The Morgan fingerprint density at radius 2 is 1.58 bits per heavy atom. The van der Waals surface area contributed by atoms with E-state index in [0.29, 0.717) is 5.92 Å². The van der Waals surface area contributed by atoms with Crippen molar-refractivity contribution >= 4 is 0 Å². The van der Waals surface area contributed by atoms with Crippen molar-refractivity contribution in [1.29, 1.82) is 0 Å². The van der Waals surface area contributed by atoms with Crippen LogP contribution in [-0.4, -0.2) is 0 Å². The van der Waals surface area contributed by atoms with Crippen LogP contribution < -0.4 is 0 Å². The lowest BCUT2D eigenvalue weighted by molar-refractivity contribution is 0.523. The zero-order valence-corrected chi connectivity index (χ0v) is 8.03. The maximum atomic E-state index is 2.28. The van der Waals surface area contributed by atoms with Gasteiger partial charge in [-0.1, -0.05) is 56.7 Å². The summed E-state index contributed by atoms with van der Waals surface area (Å²) in [6, 6.07) is 0. The van der Waals surface area contributed by atoms with E-state index in [9.17, 15) is 0 Å². The first-order chi connectivity index (χ1) is 5.79. The average Bonchev–Trinajstić information content (AvgIpc) is 2.28. The zero-order chi connectivity index (χ0) is 8.81. The molecule has 0 aromatic heterocycles. The molecule has 0 amide bonds. The number of rotatable bonds is 3. The second-order valence-electron chi connectivity index (χ2n) is 3.79. The van der Waals surface area contributed by atoms with E-state index >= 15 is 0 Å². The van der Waals surface area contributed by atoms with Crippen LogP contribution in [-0.2, 0) is 0 Å². The van der Waals surface area contributed by atoms with E-state index in [1.807, 2.05) is 0 Å². The predicted octanol–water partition coefficient (Wildman–Crippen LogP) is 3.72. The van der Waals surface area contributed by atoms with Gasteiger partial charge in [0.15, 0.2) is 0 Å². The predicted molar refractivity (Wildman–Crippen MR) is 55.0 cm³/mol. The fourth-order valence-corrected chi connectivity index (χ4v) is 1.32. The van der Waals surface area contributed by atoms with Crippen molar-refractivity contribution in [2.24, 2.45) is 11.8 Å². The van der Waals surface area contributed by atoms with Gasteiger partial charge in [0.1, 0.15) is 0 Å². The van der Waals surface area contributed by atoms with Gasteiger partial charge in [0, 0.05) is 0 Å².